The Kier molecular flexibility index (Phi) is 5.21. The summed E-state index contributed by atoms with van der Waals surface area (Å²) in [4.78, 5) is 27.3. The summed E-state index contributed by atoms with van der Waals surface area (Å²) in [5.74, 6) is -0.309. The number of carbonyl (C=O) groups is 2. The van der Waals surface area contributed by atoms with Gasteiger partial charge in [0.05, 0.1) is 12.0 Å². The van der Waals surface area contributed by atoms with Gasteiger partial charge in [-0.15, -0.1) is 11.3 Å². The van der Waals surface area contributed by atoms with E-state index in [1.807, 2.05) is 48.7 Å². The quantitative estimate of drug-likeness (QED) is 0.885. The number of thiophene rings is 1. The number of hydrogen-bond acceptors (Lipinski definition) is 3. The van der Waals surface area contributed by atoms with Gasteiger partial charge in [0.1, 0.15) is 0 Å². The molecule has 0 bridgehead atoms. The van der Waals surface area contributed by atoms with Crippen LogP contribution < -0.4 is 5.32 Å². The van der Waals surface area contributed by atoms with Crippen molar-refractivity contribution in [2.45, 2.75) is 19.4 Å². The van der Waals surface area contributed by atoms with E-state index in [9.17, 15) is 9.59 Å². The summed E-state index contributed by atoms with van der Waals surface area (Å²) in [6.07, 6.45) is 0.289. The first-order chi connectivity index (χ1) is 11.6. The van der Waals surface area contributed by atoms with Crippen molar-refractivity contribution in [3.63, 3.8) is 0 Å². The monoisotopic (exact) mass is 362 g/mol. The van der Waals surface area contributed by atoms with Crippen molar-refractivity contribution < 1.29 is 9.59 Å². The third kappa shape index (κ3) is 3.62. The second kappa shape index (κ2) is 7.36. The van der Waals surface area contributed by atoms with Crippen LogP contribution in [0.25, 0.3) is 0 Å². The molecular weight excluding hydrogens is 344 g/mol. The molecule has 6 heteroatoms. The molecule has 0 saturated carbocycles. The normalized spacial score (nSPS) is 18.7. The average Bonchev–Trinajstić information content (AvgIpc) is 3.23. The standard InChI is InChI=1S/C18H19ClN2O2S/c1-2-21-11-13(10-16(21)22)18(23)20-17(15-4-3-9-24-15)12-5-7-14(19)8-6-12/h3-9,13,17H,2,10-11H2,1H3,(H,20,23)/t13-,17-/m0/s1. The van der Waals surface area contributed by atoms with Crippen molar-refractivity contribution in [2.24, 2.45) is 5.92 Å². The minimum absolute atomic E-state index is 0.0526. The van der Waals surface area contributed by atoms with Crippen LogP contribution in [0.15, 0.2) is 41.8 Å². The zero-order chi connectivity index (χ0) is 17.1. The summed E-state index contributed by atoms with van der Waals surface area (Å²) < 4.78 is 0. The van der Waals surface area contributed by atoms with E-state index in [1.165, 1.54) is 0 Å². The van der Waals surface area contributed by atoms with Crippen LogP contribution in [0.4, 0.5) is 0 Å². The molecule has 0 spiro atoms. The van der Waals surface area contributed by atoms with Crippen molar-refractivity contribution in [2.75, 3.05) is 13.1 Å². The van der Waals surface area contributed by atoms with Crippen molar-refractivity contribution in [1.82, 2.24) is 10.2 Å². The van der Waals surface area contributed by atoms with Crippen molar-refractivity contribution in [1.29, 1.82) is 0 Å². The molecule has 1 fully saturated rings. The van der Waals surface area contributed by atoms with E-state index in [2.05, 4.69) is 5.32 Å². The van der Waals surface area contributed by atoms with Crippen LogP contribution in [0.1, 0.15) is 29.8 Å². The molecular formula is C18H19ClN2O2S. The predicted octanol–water partition coefficient (Wildman–Crippen LogP) is 3.48. The molecule has 1 aromatic carbocycles. The fourth-order valence-corrected chi connectivity index (χ4v) is 3.87. The minimum Gasteiger partial charge on any atom is -0.344 e. The van der Waals surface area contributed by atoms with Crippen LogP contribution in [0, 0.1) is 5.92 Å². The molecule has 2 heterocycles. The van der Waals surface area contributed by atoms with Gasteiger partial charge in [-0.05, 0) is 36.1 Å². The topological polar surface area (TPSA) is 49.4 Å². The lowest BCUT2D eigenvalue weighted by molar-refractivity contribution is -0.129. The molecule has 1 aliphatic rings. The lowest BCUT2D eigenvalue weighted by Gasteiger charge is -2.20. The van der Waals surface area contributed by atoms with E-state index in [-0.39, 0.29) is 30.2 Å². The van der Waals surface area contributed by atoms with Gasteiger partial charge in [-0.1, -0.05) is 29.8 Å². The zero-order valence-electron chi connectivity index (χ0n) is 13.4. The molecule has 1 saturated heterocycles. The first-order valence-electron chi connectivity index (χ1n) is 7.95. The minimum atomic E-state index is -0.285. The number of nitrogens with one attached hydrogen (secondary N) is 1. The van der Waals surface area contributed by atoms with Gasteiger partial charge < -0.3 is 10.2 Å². The van der Waals surface area contributed by atoms with E-state index in [0.717, 1.165) is 10.4 Å². The SMILES string of the molecule is CCN1C[C@@H](C(=O)N[C@@H](c2ccc(Cl)cc2)c2cccs2)CC1=O. The number of likely N-dealkylation sites (tertiary alicyclic amines) is 1. The zero-order valence-corrected chi connectivity index (χ0v) is 14.9. The Hall–Kier alpha value is -1.85. The summed E-state index contributed by atoms with van der Waals surface area (Å²) in [5, 5.41) is 5.76. The van der Waals surface area contributed by atoms with Crippen molar-refractivity contribution in [3.8, 4) is 0 Å². The van der Waals surface area contributed by atoms with E-state index >= 15 is 0 Å². The van der Waals surface area contributed by atoms with Gasteiger partial charge in [0.25, 0.3) is 0 Å². The Balaban J connectivity index is 1.79. The first-order valence-corrected chi connectivity index (χ1v) is 9.21. The molecule has 1 N–H and O–H groups in total. The first kappa shape index (κ1) is 17.0. The Bertz CT molecular complexity index is 715. The Labute approximate surface area is 150 Å². The summed E-state index contributed by atoms with van der Waals surface area (Å²) >= 11 is 7.57. The summed E-state index contributed by atoms with van der Waals surface area (Å²) in [7, 11) is 0. The number of carbonyl (C=O) groups excluding carboxylic acids is 2. The molecule has 4 nitrogen and oxygen atoms in total. The Morgan fingerprint density at radius 1 is 1.38 bits per heavy atom. The third-order valence-corrected chi connectivity index (χ3v) is 5.47. The average molecular weight is 363 g/mol. The summed E-state index contributed by atoms with van der Waals surface area (Å²) in [5.41, 5.74) is 0.979. The van der Waals surface area contributed by atoms with Gasteiger partial charge in [0.2, 0.25) is 11.8 Å². The van der Waals surface area contributed by atoms with E-state index in [1.54, 1.807) is 16.2 Å². The van der Waals surface area contributed by atoms with Gasteiger partial charge in [-0.3, -0.25) is 9.59 Å². The lowest BCUT2D eigenvalue weighted by Crippen LogP contribution is -2.35. The Morgan fingerprint density at radius 2 is 2.12 bits per heavy atom. The molecule has 0 radical (unpaired) electrons. The van der Waals surface area contributed by atoms with Crippen LogP contribution in [-0.4, -0.2) is 29.8 Å². The molecule has 2 atom stereocenters. The molecule has 1 aromatic heterocycles. The van der Waals surface area contributed by atoms with Crippen LogP contribution >= 0.6 is 22.9 Å². The number of halogens is 1. The molecule has 126 valence electrons. The van der Waals surface area contributed by atoms with Gasteiger partial charge in [-0.25, -0.2) is 0 Å². The number of rotatable bonds is 5. The maximum absolute atomic E-state index is 12.7. The fraction of sp³-hybridized carbons (Fsp3) is 0.333. The van der Waals surface area contributed by atoms with Gasteiger partial charge in [0, 0.05) is 29.4 Å². The molecule has 24 heavy (non-hydrogen) atoms. The van der Waals surface area contributed by atoms with Crippen molar-refractivity contribution >= 4 is 34.8 Å². The Morgan fingerprint density at radius 3 is 2.71 bits per heavy atom. The maximum atomic E-state index is 12.7. The van der Waals surface area contributed by atoms with Gasteiger partial charge in [0.15, 0.2) is 0 Å². The third-order valence-electron chi connectivity index (χ3n) is 4.28. The largest absolute Gasteiger partial charge is 0.344 e. The number of benzene rings is 1. The summed E-state index contributed by atoms with van der Waals surface area (Å²) in [6, 6.07) is 11.2. The highest BCUT2D eigenvalue weighted by Crippen LogP contribution is 2.28. The van der Waals surface area contributed by atoms with Crippen molar-refractivity contribution in [3.05, 3.63) is 57.2 Å². The van der Waals surface area contributed by atoms with E-state index in [0.29, 0.717) is 18.1 Å². The highest BCUT2D eigenvalue weighted by atomic mass is 35.5. The van der Waals surface area contributed by atoms with Gasteiger partial charge in [-0.2, -0.15) is 0 Å². The number of amides is 2. The summed E-state index contributed by atoms with van der Waals surface area (Å²) in [6.45, 7) is 3.08. The number of hydrogen-bond donors (Lipinski definition) is 1. The molecule has 2 amide bonds. The fourth-order valence-electron chi connectivity index (χ4n) is 2.94. The molecule has 0 unspecified atom stereocenters. The highest BCUT2D eigenvalue weighted by Gasteiger charge is 2.34. The van der Waals surface area contributed by atoms with E-state index in [4.69, 9.17) is 11.6 Å². The smallest absolute Gasteiger partial charge is 0.226 e. The molecule has 0 aliphatic carbocycles. The molecule has 1 aliphatic heterocycles. The maximum Gasteiger partial charge on any atom is 0.226 e. The van der Waals surface area contributed by atoms with Crippen LogP contribution in [0.3, 0.4) is 0 Å². The predicted molar refractivity (Wildman–Crippen MR) is 96.1 cm³/mol. The van der Waals surface area contributed by atoms with E-state index < -0.39 is 0 Å². The van der Waals surface area contributed by atoms with Crippen LogP contribution in [0.2, 0.25) is 5.02 Å². The van der Waals surface area contributed by atoms with Gasteiger partial charge >= 0.3 is 0 Å². The lowest BCUT2D eigenvalue weighted by atomic mass is 10.0. The molecule has 3 rings (SSSR count). The van der Waals surface area contributed by atoms with Crippen LogP contribution in [0.5, 0.6) is 0 Å². The second-order valence-corrected chi connectivity index (χ2v) is 7.26. The van der Waals surface area contributed by atoms with Crippen LogP contribution in [-0.2, 0) is 9.59 Å². The highest BCUT2D eigenvalue weighted by molar-refractivity contribution is 7.10. The number of nitrogens with zero attached hydrogens (tertiary/aromatic N) is 1. The second-order valence-electron chi connectivity index (χ2n) is 5.84. The molecule has 2 aromatic rings.